The molecule has 2 aromatic rings. The Hall–Kier alpha value is -2.41. The summed E-state index contributed by atoms with van der Waals surface area (Å²) in [7, 11) is 0. The van der Waals surface area contributed by atoms with Gasteiger partial charge in [-0.05, 0) is 24.0 Å². The molecule has 0 bridgehead atoms. The summed E-state index contributed by atoms with van der Waals surface area (Å²) in [4.78, 5) is 7.92. The number of nitriles is 1. The third-order valence-electron chi connectivity index (χ3n) is 3.06. The minimum atomic E-state index is 0.381. The summed E-state index contributed by atoms with van der Waals surface area (Å²) in [6.07, 6.45) is 4.64. The lowest BCUT2D eigenvalue weighted by Gasteiger charge is -2.06. The minimum absolute atomic E-state index is 0.381. The van der Waals surface area contributed by atoms with Gasteiger partial charge in [-0.1, -0.05) is 37.6 Å². The van der Waals surface area contributed by atoms with Gasteiger partial charge in [-0.2, -0.15) is 5.26 Å². The van der Waals surface area contributed by atoms with Crippen molar-refractivity contribution >= 4 is 5.82 Å². The van der Waals surface area contributed by atoms with Gasteiger partial charge in [0.25, 0.3) is 0 Å². The number of nitrogens with zero attached hydrogens (tertiary/aromatic N) is 3. The molecule has 1 heterocycles. The van der Waals surface area contributed by atoms with Gasteiger partial charge in [0.15, 0.2) is 0 Å². The molecule has 0 fully saturated rings. The maximum absolute atomic E-state index is 8.77. The number of aromatic nitrogens is 2. The molecule has 0 radical (unpaired) electrons. The molecule has 4 nitrogen and oxygen atoms in total. The van der Waals surface area contributed by atoms with Crippen LogP contribution in [0.4, 0.5) is 5.82 Å². The lowest BCUT2D eigenvalue weighted by Crippen LogP contribution is -2.06. The van der Waals surface area contributed by atoms with E-state index in [0.29, 0.717) is 11.5 Å². The summed E-state index contributed by atoms with van der Waals surface area (Å²) in [5.74, 6) is 0.694. The fourth-order valence-electron chi connectivity index (χ4n) is 2.01. The average molecular weight is 266 g/mol. The van der Waals surface area contributed by atoms with Gasteiger partial charge in [0.1, 0.15) is 23.9 Å². The predicted molar refractivity (Wildman–Crippen MR) is 79.4 cm³/mol. The van der Waals surface area contributed by atoms with Crippen LogP contribution in [0.1, 0.15) is 30.2 Å². The Morgan fingerprint density at radius 3 is 2.45 bits per heavy atom. The van der Waals surface area contributed by atoms with E-state index in [-0.39, 0.29) is 0 Å². The Labute approximate surface area is 119 Å². The van der Waals surface area contributed by atoms with Crippen LogP contribution in [0.25, 0.3) is 0 Å². The summed E-state index contributed by atoms with van der Waals surface area (Å²) in [6, 6.07) is 12.4. The number of anilines is 1. The van der Waals surface area contributed by atoms with Crippen molar-refractivity contribution in [2.45, 2.75) is 26.2 Å². The largest absolute Gasteiger partial charge is 0.370 e. The molecule has 0 amide bonds. The predicted octanol–water partition coefficient (Wildman–Crippen LogP) is 2.96. The van der Waals surface area contributed by atoms with Crippen molar-refractivity contribution in [1.82, 2.24) is 9.97 Å². The van der Waals surface area contributed by atoms with Crippen LogP contribution >= 0.6 is 0 Å². The maximum Gasteiger partial charge on any atom is 0.145 e. The number of hydrogen-bond donors (Lipinski definition) is 1. The van der Waals surface area contributed by atoms with Crippen molar-refractivity contribution in [3.8, 4) is 6.07 Å². The van der Waals surface area contributed by atoms with E-state index in [0.717, 1.165) is 19.4 Å². The van der Waals surface area contributed by atoms with Crippen LogP contribution in [0, 0.1) is 11.3 Å². The number of nitrogens with one attached hydrogen (secondary N) is 1. The fraction of sp³-hybridized carbons (Fsp3) is 0.312. The Kier molecular flexibility index (Phi) is 5.08. The summed E-state index contributed by atoms with van der Waals surface area (Å²) < 4.78 is 0. The van der Waals surface area contributed by atoms with E-state index in [1.54, 1.807) is 6.07 Å². The van der Waals surface area contributed by atoms with Crippen LogP contribution in [-0.4, -0.2) is 16.5 Å². The quantitative estimate of drug-likeness (QED) is 0.873. The van der Waals surface area contributed by atoms with Crippen LogP contribution in [0.2, 0.25) is 0 Å². The average Bonchev–Trinajstić information content (AvgIpc) is 2.50. The molecule has 20 heavy (non-hydrogen) atoms. The molecule has 0 saturated carbocycles. The van der Waals surface area contributed by atoms with E-state index in [9.17, 15) is 0 Å². The number of rotatable bonds is 6. The second-order valence-corrected chi connectivity index (χ2v) is 4.64. The second-order valence-electron chi connectivity index (χ2n) is 4.64. The van der Waals surface area contributed by atoms with E-state index in [2.05, 4.69) is 46.5 Å². The zero-order valence-electron chi connectivity index (χ0n) is 11.6. The highest BCUT2D eigenvalue weighted by Gasteiger charge is 1.98. The molecule has 1 aromatic heterocycles. The van der Waals surface area contributed by atoms with Crippen LogP contribution in [0.3, 0.4) is 0 Å². The Balaban J connectivity index is 1.84. The molecule has 102 valence electrons. The number of aryl methyl sites for hydroxylation is 1. The Morgan fingerprint density at radius 2 is 1.80 bits per heavy atom. The third kappa shape index (κ3) is 4.06. The summed E-state index contributed by atoms with van der Waals surface area (Å²) >= 11 is 0. The molecule has 0 saturated heterocycles. The highest BCUT2D eigenvalue weighted by molar-refractivity contribution is 5.38. The molecule has 1 aromatic carbocycles. The molecule has 0 aliphatic heterocycles. The van der Waals surface area contributed by atoms with E-state index < -0.39 is 0 Å². The van der Waals surface area contributed by atoms with Gasteiger partial charge in [0.2, 0.25) is 0 Å². The molecule has 4 heteroatoms. The van der Waals surface area contributed by atoms with Gasteiger partial charge in [-0.25, -0.2) is 9.97 Å². The zero-order valence-corrected chi connectivity index (χ0v) is 11.6. The van der Waals surface area contributed by atoms with Crippen molar-refractivity contribution in [3.05, 3.63) is 53.5 Å². The van der Waals surface area contributed by atoms with Gasteiger partial charge in [0, 0.05) is 12.6 Å². The van der Waals surface area contributed by atoms with E-state index in [1.165, 1.54) is 23.9 Å². The highest BCUT2D eigenvalue weighted by atomic mass is 15.0. The topological polar surface area (TPSA) is 61.6 Å². The first-order valence-corrected chi connectivity index (χ1v) is 6.85. The summed E-state index contributed by atoms with van der Waals surface area (Å²) in [6.45, 7) is 2.98. The molecule has 0 aliphatic rings. The normalized spacial score (nSPS) is 10.0. The molecule has 2 rings (SSSR count). The number of benzene rings is 1. The Morgan fingerprint density at radius 1 is 1.10 bits per heavy atom. The standard InChI is InChI=1S/C16H18N4/c1-2-3-13-4-6-14(7-5-13)8-9-18-16-10-15(11-17)19-12-20-16/h4-7,10,12H,2-3,8-9H2,1H3,(H,18,19,20). The molecule has 1 N–H and O–H groups in total. The molecule has 0 atom stereocenters. The maximum atomic E-state index is 8.77. The van der Waals surface area contributed by atoms with Gasteiger partial charge in [0.05, 0.1) is 0 Å². The summed E-state index contributed by atoms with van der Waals surface area (Å²) in [5.41, 5.74) is 3.07. The third-order valence-corrected chi connectivity index (χ3v) is 3.06. The zero-order chi connectivity index (χ0) is 14.2. The van der Waals surface area contributed by atoms with E-state index >= 15 is 0 Å². The van der Waals surface area contributed by atoms with Gasteiger partial charge >= 0.3 is 0 Å². The molecule has 0 spiro atoms. The lowest BCUT2D eigenvalue weighted by molar-refractivity contribution is 0.918. The SMILES string of the molecule is CCCc1ccc(CCNc2cc(C#N)ncn2)cc1. The van der Waals surface area contributed by atoms with Crippen LogP contribution in [0.15, 0.2) is 36.7 Å². The molecule has 0 unspecified atom stereocenters. The number of hydrogen-bond acceptors (Lipinski definition) is 4. The summed E-state index contributed by atoms with van der Waals surface area (Å²) in [5, 5.41) is 12.0. The fourth-order valence-corrected chi connectivity index (χ4v) is 2.01. The van der Waals surface area contributed by atoms with Crippen LogP contribution in [0.5, 0.6) is 0 Å². The van der Waals surface area contributed by atoms with Crippen molar-refractivity contribution in [2.24, 2.45) is 0 Å². The van der Waals surface area contributed by atoms with E-state index in [4.69, 9.17) is 5.26 Å². The second kappa shape index (κ2) is 7.25. The molecular weight excluding hydrogens is 248 g/mol. The van der Waals surface area contributed by atoms with Gasteiger partial charge < -0.3 is 5.32 Å². The minimum Gasteiger partial charge on any atom is -0.370 e. The highest BCUT2D eigenvalue weighted by Crippen LogP contribution is 2.08. The van der Waals surface area contributed by atoms with Crippen molar-refractivity contribution in [1.29, 1.82) is 5.26 Å². The lowest BCUT2D eigenvalue weighted by atomic mass is 10.1. The van der Waals surface area contributed by atoms with Gasteiger partial charge in [-0.3, -0.25) is 0 Å². The monoisotopic (exact) mass is 266 g/mol. The molecular formula is C16H18N4. The van der Waals surface area contributed by atoms with Crippen molar-refractivity contribution in [3.63, 3.8) is 0 Å². The van der Waals surface area contributed by atoms with Crippen molar-refractivity contribution in [2.75, 3.05) is 11.9 Å². The molecule has 0 aliphatic carbocycles. The Bertz CT molecular complexity index is 584. The van der Waals surface area contributed by atoms with Crippen LogP contribution in [-0.2, 0) is 12.8 Å². The first kappa shape index (κ1) is 14.0. The first-order valence-electron chi connectivity index (χ1n) is 6.85. The van der Waals surface area contributed by atoms with Gasteiger partial charge in [-0.15, -0.1) is 0 Å². The smallest absolute Gasteiger partial charge is 0.145 e. The van der Waals surface area contributed by atoms with Crippen molar-refractivity contribution < 1.29 is 0 Å². The first-order chi connectivity index (χ1) is 9.81. The van der Waals surface area contributed by atoms with E-state index in [1.807, 2.05) is 6.07 Å². The van der Waals surface area contributed by atoms with Crippen LogP contribution < -0.4 is 5.32 Å².